The lowest BCUT2D eigenvalue weighted by atomic mass is 10.2. The van der Waals surface area contributed by atoms with Gasteiger partial charge in [0.25, 0.3) is 0 Å². The topological polar surface area (TPSA) is 93.3 Å². The maximum absolute atomic E-state index is 13.3. The summed E-state index contributed by atoms with van der Waals surface area (Å²) in [6.07, 6.45) is -1.68. The highest BCUT2D eigenvalue weighted by Crippen LogP contribution is 2.36. The number of para-hydroxylation sites is 1. The van der Waals surface area contributed by atoms with Crippen molar-refractivity contribution in [3.05, 3.63) is 54.5 Å². The number of hydrogen-bond acceptors (Lipinski definition) is 9. The summed E-state index contributed by atoms with van der Waals surface area (Å²) < 4.78 is 46.9. The maximum atomic E-state index is 13.3. The molecule has 2 N–H and O–H groups in total. The van der Waals surface area contributed by atoms with Gasteiger partial charge >= 0.3 is 6.18 Å². The van der Waals surface area contributed by atoms with E-state index in [0.717, 1.165) is 10.8 Å². The van der Waals surface area contributed by atoms with Crippen molar-refractivity contribution in [3.63, 3.8) is 0 Å². The standard InChI is InChI=1S/C21H18F3N7OS/c22-21(23,24)13-3-2-6-26-19(13)31-9-7-30(8-10-31)16-11-17(28-12-27-16)32-14-4-1-5-15-18(14)29-20(25)33-15/h1-6,11-12H,7-10H2,(H2,25,29). The highest BCUT2D eigenvalue weighted by molar-refractivity contribution is 7.22. The van der Waals surface area contributed by atoms with Crippen LogP contribution < -0.4 is 20.3 Å². The van der Waals surface area contributed by atoms with Crippen LogP contribution in [0.15, 0.2) is 48.9 Å². The van der Waals surface area contributed by atoms with E-state index in [0.29, 0.717) is 54.3 Å². The Balaban J connectivity index is 1.31. The molecule has 5 rings (SSSR count). The lowest BCUT2D eigenvalue weighted by molar-refractivity contribution is -0.137. The normalized spacial score (nSPS) is 14.6. The lowest BCUT2D eigenvalue weighted by Crippen LogP contribution is -2.47. The van der Waals surface area contributed by atoms with Gasteiger partial charge in [0.15, 0.2) is 10.9 Å². The molecule has 0 atom stereocenters. The van der Waals surface area contributed by atoms with E-state index in [1.54, 1.807) is 17.0 Å². The zero-order chi connectivity index (χ0) is 23.0. The van der Waals surface area contributed by atoms with E-state index in [4.69, 9.17) is 10.5 Å². The van der Waals surface area contributed by atoms with Gasteiger partial charge in [-0.2, -0.15) is 13.2 Å². The number of alkyl halides is 3. The van der Waals surface area contributed by atoms with Crippen molar-refractivity contribution in [2.75, 3.05) is 41.7 Å². The highest BCUT2D eigenvalue weighted by atomic mass is 32.1. The van der Waals surface area contributed by atoms with Crippen LogP contribution in [0.1, 0.15) is 5.56 Å². The Hall–Kier alpha value is -3.67. The van der Waals surface area contributed by atoms with Gasteiger partial charge in [-0.3, -0.25) is 0 Å². The van der Waals surface area contributed by atoms with Gasteiger partial charge in [0.1, 0.15) is 23.5 Å². The SMILES string of the molecule is Nc1nc2c(Oc3cc(N4CCN(c5ncccc5C(F)(F)F)CC4)ncn3)cccc2s1. The molecule has 3 aromatic heterocycles. The molecule has 1 aromatic carbocycles. The first kappa shape index (κ1) is 21.2. The van der Waals surface area contributed by atoms with E-state index in [1.807, 2.05) is 17.0 Å². The number of anilines is 3. The smallest absolute Gasteiger partial charge is 0.419 e. The summed E-state index contributed by atoms with van der Waals surface area (Å²) in [7, 11) is 0. The summed E-state index contributed by atoms with van der Waals surface area (Å²) in [6, 6.07) is 9.60. The van der Waals surface area contributed by atoms with Crippen LogP contribution in [0.5, 0.6) is 11.6 Å². The van der Waals surface area contributed by atoms with Crippen LogP contribution in [0.3, 0.4) is 0 Å². The third-order valence-corrected chi connectivity index (χ3v) is 6.09. The molecule has 0 unspecified atom stereocenters. The van der Waals surface area contributed by atoms with Crippen molar-refractivity contribution >= 4 is 38.3 Å². The number of rotatable bonds is 4. The Morgan fingerprint density at radius 2 is 1.76 bits per heavy atom. The number of hydrogen-bond donors (Lipinski definition) is 1. The number of fused-ring (bicyclic) bond motifs is 1. The number of nitrogens with two attached hydrogens (primary N) is 1. The molecule has 12 heteroatoms. The second kappa shape index (κ2) is 8.35. The van der Waals surface area contributed by atoms with Crippen LogP contribution in [0, 0.1) is 0 Å². The number of ether oxygens (including phenoxy) is 1. The van der Waals surface area contributed by atoms with E-state index in [9.17, 15) is 13.2 Å². The van der Waals surface area contributed by atoms with E-state index >= 15 is 0 Å². The van der Waals surface area contributed by atoms with Crippen molar-refractivity contribution < 1.29 is 17.9 Å². The Kier molecular flexibility index (Phi) is 5.36. The molecule has 170 valence electrons. The summed E-state index contributed by atoms with van der Waals surface area (Å²) in [5, 5.41) is 0.448. The summed E-state index contributed by atoms with van der Waals surface area (Å²) in [4.78, 5) is 20.4. The second-order valence-corrected chi connectivity index (χ2v) is 8.38. The Morgan fingerprint density at radius 3 is 2.55 bits per heavy atom. The highest BCUT2D eigenvalue weighted by Gasteiger charge is 2.36. The number of nitrogens with zero attached hydrogens (tertiary/aromatic N) is 6. The molecule has 0 saturated carbocycles. The predicted molar refractivity (Wildman–Crippen MR) is 120 cm³/mol. The number of halogens is 3. The molecule has 33 heavy (non-hydrogen) atoms. The molecule has 1 aliphatic heterocycles. The minimum Gasteiger partial charge on any atom is -0.437 e. The summed E-state index contributed by atoms with van der Waals surface area (Å²) in [5.41, 5.74) is 5.74. The fourth-order valence-electron chi connectivity index (χ4n) is 3.71. The monoisotopic (exact) mass is 473 g/mol. The molecule has 1 aliphatic rings. The average Bonchev–Trinajstić information content (AvgIpc) is 3.20. The summed E-state index contributed by atoms with van der Waals surface area (Å²) in [5.74, 6) is 1.45. The molecule has 0 bridgehead atoms. The van der Waals surface area contributed by atoms with Gasteiger partial charge in [-0.25, -0.2) is 19.9 Å². The van der Waals surface area contributed by atoms with Gasteiger partial charge in [0.05, 0.1) is 10.3 Å². The van der Waals surface area contributed by atoms with Gasteiger partial charge in [0, 0.05) is 38.4 Å². The third-order valence-electron chi connectivity index (χ3n) is 5.24. The third kappa shape index (κ3) is 4.33. The first-order valence-electron chi connectivity index (χ1n) is 10.1. The van der Waals surface area contributed by atoms with Gasteiger partial charge < -0.3 is 20.3 Å². The van der Waals surface area contributed by atoms with Crippen molar-refractivity contribution in [1.29, 1.82) is 0 Å². The van der Waals surface area contributed by atoms with Crippen molar-refractivity contribution in [2.45, 2.75) is 6.18 Å². The quantitative estimate of drug-likeness (QED) is 0.471. The molecule has 8 nitrogen and oxygen atoms in total. The summed E-state index contributed by atoms with van der Waals surface area (Å²) >= 11 is 1.37. The molecule has 1 saturated heterocycles. The van der Waals surface area contributed by atoms with Gasteiger partial charge in [0.2, 0.25) is 5.88 Å². The van der Waals surface area contributed by atoms with Crippen LogP contribution in [-0.4, -0.2) is 46.1 Å². The Labute approximate surface area is 190 Å². The average molecular weight is 473 g/mol. The van der Waals surface area contributed by atoms with Gasteiger partial charge in [-0.15, -0.1) is 0 Å². The van der Waals surface area contributed by atoms with Crippen LogP contribution in [0.2, 0.25) is 0 Å². The maximum Gasteiger partial charge on any atom is 0.419 e. The number of pyridine rings is 1. The fraction of sp³-hybridized carbons (Fsp3) is 0.238. The minimum atomic E-state index is -4.45. The largest absolute Gasteiger partial charge is 0.437 e. The predicted octanol–water partition coefficient (Wildman–Crippen LogP) is 4.20. The van der Waals surface area contributed by atoms with Crippen molar-refractivity contribution in [2.24, 2.45) is 0 Å². The minimum absolute atomic E-state index is 0.0491. The lowest BCUT2D eigenvalue weighted by Gasteiger charge is -2.36. The molecule has 4 aromatic rings. The molecule has 0 aliphatic carbocycles. The number of thiazole rings is 1. The van der Waals surface area contributed by atoms with E-state index in [1.165, 1.54) is 29.9 Å². The van der Waals surface area contributed by atoms with Gasteiger partial charge in [-0.05, 0) is 24.3 Å². The number of nitrogen functional groups attached to an aromatic ring is 1. The van der Waals surface area contributed by atoms with Crippen LogP contribution >= 0.6 is 11.3 Å². The molecule has 0 amide bonds. The first-order valence-corrected chi connectivity index (χ1v) is 10.9. The van der Waals surface area contributed by atoms with Crippen LogP contribution in [-0.2, 0) is 6.18 Å². The summed E-state index contributed by atoms with van der Waals surface area (Å²) in [6.45, 7) is 1.69. The van der Waals surface area contributed by atoms with Crippen LogP contribution in [0.25, 0.3) is 10.2 Å². The number of benzene rings is 1. The molecule has 1 fully saturated rings. The van der Waals surface area contributed by atoms with E-state index in [-0.39, 0.29) is 5.82 Å². The zero-order valence-electron chi connectivity index (χ0n) is 17.2. The number of aromatic nitrogens is 4. The first-order chi connectivity index (χ1) is 15.9. The Bertz CT molecular complexity index is 1290. The van der Waals surface area contributed by atoms with Crippen molar-refractivity contribution in [3.8, 4) is 11.6 Å². The fourth-order valence-corrected chi connectivity index (χ4v) is 4.46. The second-order valence-electron chi connectivity index (χ2n) is 7.32. The molecule has 0 spiro atoms. The van der Waals surface area contributed by atoms with Gasteiger partial charge in [-0.1, -0.05) is 17.4 Å². The van der Waals surface area contributed by atoms with E-state index in [2.05, 4.69) is 19.9 Å². The molecule has 4 heterocycles. The Morgan fingerprint density at radius 1 is 0.970 bits per heavy atom. The van der Waals surface area contributed by atoms with E-state index < -0.39 is 11.7 Å². The molecular weight excluding hydrogens is 455 g/mol. The molecular formula is C21H18F3N7OS. The molecule has 0 radical (unpaired) electrons. The van der Waals surface area contributed by atoms with Crippen molar-refractivity contribution in [1.82, 2.24) is 19.9 Å². The zero-order valence-corrected chi connectivity index (χ0v) is 18.0. The number of piperazine rings is 1. The van der Waals surface area contributed by atoms with Crippen LogP contribution in [0.4, 0.5) is 29.9 Å².